The third kappa shape index (κ3) is 4.16. The highest BCUT2D eigenvalue weighted by Crippen LogP contribution is 2.19. The molecule has 0 aliphatic heterocycles. The second kappa shape index (κ2) is 6.73. The van der Waals surface area contributed by atoms with Crippen LogP contribution in [0.15, 0.2) is 40.8 Å². The van der Waals surface area contributed by atoms with Crippen molar-refractivity contribution in [3.05, 3.63) is 52.3 Å². The summed E-state index contributed by atoms with van der Waals surface area (Å²) in [6.07, 6.45) is 0. The van der Waals surface area contributed by atoms with E-state index in [0.717, 1.165) is 6.07 Å². The molecule has 0 radical (unpaired) electrons. The molecule has 1 heterocycles. The standard InChI is InChI=1S/C15H15N3O5/c1-9(2)14(19)16-10-4-3-5-11(8-10)17-15(20)12-6-7-13(23-12)18(21)22/h3-9H,1-2H3,(H,16,19)(H,17,20). The molecular formula is C15H15N3O5. The first-order valence-corrected chi connectivity index (χ1v) is 6.83. The minimum atomic E-state index is -0.723. The number of hydrogen-bond acceptors (Lipinski definition) is 5. The molecule has 23 heavy (non-hydrogen) atoms. The Balaban J connectivity index is 2.08. The van der Waals surface area contributed by atoms with Gasteiger partial charge in [-0.2, -0.15) is 0 Å². The van der Waals surface area contributed by atoms with E-state index in [4.69, 9.17) is 4.42 Å². The summed E-state index contributed by atoms with van der Waals surface area (Å²) >= 11 is 0. The SMILES string of the molecule is CC(C)C(=O)Nc1cccc(NC(=O)c2ccc([N+](=O)[O-])o2)c1. The minimum Gasteiger partial charge on any atom is -0.395 e. The van der Waals surface area contributed by atoms with Crippen LogP contribution in [-0.4, -0.2) is 16.7 Å². The molecule has 0 atom stereocenters. The average molecular weight is 317 g/mol. The lowest BCUT2D eigenvalue weighted by Crippen LogP contribution is -2.18. The van der Waals surface area contributed by atoms with Crippen molar-refractivity contribution in [3.8, 4) is 0 Å². The van der Waals surface area contributed by atoms with Crippen LogP contribution in [0.4, 0.5) is 17.3 Å². The van der Waals surface area contributed by atoms with Crippen LogP contribution in [0, 0.1) is 16.0 Å². The molecule has 0 aliphatic carbocycles. The monoisotopic (exact) mass is 317 g/mol. The molecule has 0 aliphatic rings. The Hall–Kier alpha value is -3.16. The molecule has 2 aromatic rings. The number of nitro groups is 1. The van der Waals surface area contributed by atoms with Crippen molar-refractivity contribution in [2.75, 3.05) is 10.6 Å². The van der Waals surface area contributed by atoms with Crippen LogP contribution in [0.25, 0.3) is 0 Å². The van der Waals surface area contributed by atoms with Crippen molar-refractivity contribution >= 4 is 29.1 Å². The maximum Gasteiger partial charge on any atom is 0.433 e. The zero-order chi connectivity index (χ0) is 17.0. The van der Waals surface area contributed by atoms with Gasteiger partial charge in [-0.15, -0.1) is 0 Å². The van der Waals surface area contributed by atoms with Crippen LogP contribution >= 0.6 is 0 Å². The number of hydrogen-bond donors (Lipinski definition) is 2. The number of nitrogens with zero attached hydrogens (tertiary/aromatic N) is 1. The van der Waals surface area contributed by atoms with Gasteiger partial charge in [-0.3, -0.25) is 19.7 Å². The summed E-state index contributed by atoms with van der Waals surface area (Å²) in [4.78, 5) is 33.4. The van der Waals surface area contributed by atoms with Crippen molar-refractivity contribution in [3.63, 3.8) is 0 Å². The first kappa shape index (κ1) is 16.2. The van der Waals surface area contributed by atoms with Crippen LogP contribution in [0.2, 0.25) is 0 Å². The lowest BCUT2D eigenvalue weighted by Gasteiger charge is -2.09. The third-order valence-corrected chi connectivity index (χ3v) is 2.91. The Morgan fingerprint density at radius 2 is 1.78 bits per heavy atom. The predicted molar refractivity (Wildman–Crippen MR) is 83.2 cm³/mol. The number of anilines is 2. The Kier molecular flexibility index (Phi) is 4.75. The molecule has 2 amide bonds. The smallest absolute Gasteiger partial charge is 0.395 e. The summed E-state index contributed by atoms with van der Waals surface area (Å²) in [6.45, 7) is 3.54. The van der Waals surface area contributed by atoms with Crippen LogP contribution in [-0.2, 0) is 4.79 Å². The summed E-state index contributed by atoms with van der Waals surface area (Å²) in [5.41, 5.74) is 0.961. The molecule has 2 rings (SSSR count). The number of rotatable bonds is 5. The van der Waals surface area contributed by atoms with Gasteiger partial charge in [0.2, 0.25) is 5.91 Å². The molecule has 8 nitrogen and oxygen atoms in total. The molecular weight excluding hydrogens is 302 g/mol. The molecule has 8 heteroatoms. The molecule has 0 spiro atoms. The second-order valence-corrected chi connectivity index (χ2v) is 5.07. The van der Waals surface area contributed by atoms with Gasteiger partial charge >= 0.3 is 5.88 Å². The Morgan fingerprint density at radius 3 is 2.35 bits per heavy atom. The lowest BCUT2D eigenvalue weighted by molar-refractivity contribution is -0.402. The van der Waals surface area contributed by atoms with Gasteiger partial charge in [0.1, 0.15) is 4.92 Å². The van der Waals surface area contributed by atoms with Crippen molar-refractivity contribution < 1.29 is 18.9 Å². The number of carbonyl (C=O) groups excluding carboxylic acids is 2. The highest BCUT2D eigenvalue weighted by Gasteiger charge is 2.17. The first-order valence-electron chi connectivity index (χ1n) is 6.83. The summed E-state index contributed by atoms with van der Waals surface area (Å²) in [7, 11) is 0. The number of carbonyl (C=O) groups is 2. The average Bonchev–Trinajstić information content (AvgIpc) is 2.97. The van der Waals surface area contributed by atoms with E-state index < -0.39 is 16.7 Å². The zero-order valence-corrected chi connectivity index (χ0v) is 12.5. The van der Waals surface area contributed by atoms with Gasteiger partial charge in [-0.25, -0.2) is 0 Å². The predicted octanol–water partition coefficient (Wildman–Crippen LogP) is 3.03. The number of furan rings is 1. The summed E-state index contributed by atoms with van der Waals surface area (Å²) in [6, 6.07) is 8.88. The fourth-order valence-corrected chi connectivity index (χ4v) is 1.70. The van der Waals surface area contributed by atoms with Gasteiger partial charge in [0, 0.05) is 17.3 Å². The highest BCUT2D eigenvalue weighted by atomic mass is 16.6. The van der Waals surface area contributed by atoms with Gasteiger partial charge in [0.05, 0.1) is 6.07 Å². The van der Waals surface area contributed by atoms with Crippen molar-refractivity contribution in [2.24, 2.45) is 5.92 Å². The van der Waals surface area contributed by atoms with Gasteiger partial charge in [0.15, 0.2) is 5.76 Å². The number of amides is 2. The third-order valence-electron chi connectivity index (χ3n) is 2.91. The Labute approximate surface area is 131 Å². The molecule has 0 fully saturated rings. The highest BCUT2D eigenvalue weighted by molar-refractivity contribution is 6.03. The number of benzene rings is 1. The first-order chi connectivity index (χ1) is 10.9. The fourth-order valence-electron chi connectivity index (χ4n) is 1.70. The van der Waals surface area contributed by atoms with E-state index in [1.807, 2.05) is 0 Å². The van der Waals surface area contributed by atoms with Crippen LogP contribution in [0.1, 0.15) is 24.4 Å². The fraction of sp³-hybridized carbons (Fsp3) is 0.200. The summed E-state index contributed by atoms with van der Waals surface area (Å²) in [5, 5.41) is 15.8. The van der Waals surface area contributed by atoms with Crippen molar-refractivity contribution in [1.82, 2.24) is 0 Å². The van der Waals surface area contributed by atoms with Gasteiger partial charge in [0.25, 0.3) is 5.91 Å². The zero-order valence-electron chi connectivity index (χ0n) is 12.5. The largest absolute Gasteiger partial charge is 0.433 e. The quantitative estimate of drug-likeness (QED) is 0.649. The van der Waals surface area contributed by atoms with E-state index in [2.05, 4.69) is 10.6 Å². The maximum atomic E-state index is 12.0. The van der Waals surface area contributed by atoms with Crippen LogP contribution in [0.3, 0.4) is 0 Å². The molecule has 0 unspecified atom stereocenters. The molecule has 0 bridgehead atoms. The van der Waals surface area contributed by atoms with E-state index in [9.17, 15) is 19.7 Å². The van der Waals surface area contributed by atoms with E-state index in [1.165, 1.54) is 6.07 Å². The van der Waals surface area contributed by atoms with Gasteiger partial charge < -0.3 is 15.1 Å². The van der Waals surface area contributed by atoms with Crippen LogP contribution in [0.5, 0.6) is 0 Å². The number of nitrogens with one attached hydrogen (secondary N) is 2. The topological polar surface area (TPSA) is 114 Å². The lowest BCUT2D eigenvalue weighted by atomic mass is 10.2. The summed E-state index contributed by atoms with van der Waals surface area (Å²) < 4.78 is 4.82. The van der Waals surface area contributed by atoms with Crippen molar-refractivity contribution in [2.45, 2.75) is 13.8 Å². The van der Waals surface area contributed by atoms with Gasteiger partial charge in [-0.1, -0.05) is 19.9 Å². The van der Waals surface area contributed by atoms with Crippen molar-refractivity contribution in [1.29, 1.82) is 0 Å². The second-order valence-electron chi connectivity index (χ2n) is 5.07. The molecule has 0 saturated carbocycles. The Morgan fingerprint density at radius 1 is 1.13 bits per heavy atom. The summed E-state index contributed by atoms with van der Waals surface area (Å²) in [5.74, 6) is -1.61. The van der Waals surface area contributed by atoms with E-state index in [1.54, 1.807) is 38.1 Å². The molecule has 2 N–H and O–H groups in total. The molecule has 0 saturated heterocycles. The molecule has 1 aromatic heterocycles. The van der Waals surface area contributed by atoms with E-state index in [-0.39, 0.29) is 17.6 Å². The minimum absolute atomic E-state index is 0.143. The normalized spacial score (nSPS) is 10.4. The van der Waals surface area contributed by atoms with E-state index >= 15 is 0 Å². The molecule has 120 valence electrons. The maximum absolute atomic E-state index is 12.0. The van der Waals surface area contributed by atoms with Gasteiger partial charge in [-0.05, 0) is 24.3 Å². The Bertz CT molecular complexity index is 751. The van der Waals surface area contributed by atoms with Crippen LogP contribution < -0.4 is 10.6 Å². The van der Waals surface area contributed by atoms with E-state index in [0.29, 0.717) is 11.4 Å². The molecule has 1 aromatic carbocycles.